The number of hydrogen-bond donors (Lipinski definition) is 1. The lowest BCUT2D eigenvalue weighted by Gasteiger charge is -2.22. The van der Waals surface area contributed by atoms with Gasteiger partial charge in [0.25, 0.3) is 0 Å². The van der Waals surface area contributed by atoms with Gasteiger partial charge in [-0.1, -0.05) is 40.7 Å². The highest BCUT2D eigenvalue weighted by molar-refractivity contribution is 9.11. The smallest absolute Gasteiger partial charge is 0.198 e. The summed E-state index contributed by atoms with van der Waals surface area (Å²) < 4.78 is 0.894. The summed E-state index contributed by atoms with van der Waals surface area (Å²) in [6.07, 6.45) is 1.08. The van der Waals surface area contributed by atoms with Crippen molar-refractivity contribution in [1.82, 2.24) is 5.32 Å². The molecule has 4 heteroatoms. The van der Waals surface area contributed by atoms with Gasteiger partial charge in [0.05, 0.1) is 6.54 Å². The lowest BCUT2D eigenvalue weighted by molar-refractivity contribution is 0.895. The molecule has 0 spiro atoms. The van der Waals surface area contributed by atoms with Crippen LogP contribution < -0.4 is 10.2 Å². The van der Waals surface area contributed by atoms with Crippen LogP contribution in [0.2, 0.25) is 0 Å². The maximum absolute atomic E-state index is 4.58. The Morgan fingerprint density at radius 3 is 3.00 bits per heavy atom. The predicted molar refractivity (Wildman–Crippen MR) is 81.5 cm³/mol. The van der Waals surface area contributed by atoms with E-state index in [2.05, 4.69) is 68.9 Å². The third-order valence-corrected chi connectivity index (χ3v) is 3.13. The molecule has 0 amide bonds. The first kappa shape index (κ1) is 13.1. The lowest BCUT2D eigenvalue weighted by Crippen LogP contribution is -2.40. The largest absolute Gasteiger partial charge is 0.356 e. The maximum atomic E-state index is 4.58. The molecule has 1 aromatic carbocycles. The first-order valence-corrected chi connectivity index (χ1v) is 6.98. The fourth-order valence-corrected chi connectivity index (χ4v) is 2.24. The van der Waals surface area contributed by atoms with Crippen LogP contribution in [0, 0.1) is 0 Å². The molecule has 1 N–H and O–H groups in total. The zero-order valence-corrected chi connectivity index (χ0v) is 12.2. The average molecular weight is 308 g/mol. The van der Waals surface area contributed by atoms with Crippen LogP contribution in [-0.4, -0.2) is 25.6 Å². The van der Waals surface area contributed by atoms with E-state index in [9.17, 15) is 0 Å². The summed E-state index contributed by atoms with van der Waals surface area (Å²) >= 11 is 3.35. The molecule has 1 heterocycles. The number of aliphatic imine (C=N–C) groups is 1. The number of halogens is 1. The van der Waals surface area contributed by atoms with Crippen molar-refractivity contribution in [3.05, 3.63) is 40.9 Å². The number of anilines is 1. The minimum absolute atomic E-state index is 0.598. The third kappa shape index (κ3) is 2.93. The molecule has 0 saturated heterocycles. The molecular formula is C14H18BrN3. The molecule has 0 atom stereocenters. The van der Waals surface area contributed by atoms with E-state index in [0.717, 1.165) is 30.0 Å². The maximum Gasteiger partial charge on any atom is 0.198 e. The van der Waals surface area contributed by atoms with Crippen LogP contribution in [0.4, 0.5) is 5.69 Å². The first-order chi connectivity index (χ1) is 8.72. The number of rotatable bonds is 3. The van der Waals surface area contributed by atoms with Gasteiger partial charge in [-0.2, -0.15) is 0 Å². The molecule has 96 valence electrons. The molecule has 3 nitrogen and oxygen atoms in total. The van der Waals surface area contributed by atoms with E-state index in [1.807, 2.05) is 0 Å². The van der Waals surface area contributed by atoms with Gasteiger partial charge in [0.1, 0.15) is 0 Å². The standard InChI is InChI=1S/C14H18BrN3/c1-3-16-14(17-10-11(2)15)18-9-8-12-6-4-5-7-13(12)18/h4-7H,2-3,8-10H2,1H3,(H,16,17). The number of benzene rings is 1. The second-order valence-corrected chi connectivity index (χ2v) is 5.34. The van der Waals surface area contributed by atoms with E-state index < -0.39 is 0 Å². The number of nitrogens with one attached hydrogen (secondary N) is 1. The van der Waals surface area contributed by atoms with Crippen LogP contribution >= 0.6 is 15.9 Å². The molecule has 0 fully saturated rings. The topological polar surface area (TPSA) is 27.6 Å². The van der Waals surface area contributed by atoms with Gasteiger partial charge in [-0.15, -0.1) is 0 Å². The summed E-state index contributed by atoms with van der Waals surface area (Å²) in [6.45, 7) is 8.36. The molecular weight excluding hydrogens is 290 g/mol. The molecule has 0 aliphatic carbocycles. The Labute approximate surface area is 117 Å². The second kappa shape index (κ2) is 6.05. The average Bonchev–Trinajstić information content (AvgIpc) is 2.78. The minimum atomic E-state index is 0.598. The SMILES string of the molecule is C=C(Br)CN=C(NCC)N1CCc2ccccc21. The second-order valence-electron chi connectivity index (χ2n) is 4.22. The van der Waals surface area contributed by atoms with Crippen molar-refractivity contribution < 1.29 is 0 Å². The van der Waals surface area contributed by atoms with Crippen molar-refractivity contribution in [3.63, 3.8) is 0 Å². The molecule has 18 heavy (non-hydrogen) atoms. The van der Waals surface area contributed by atoms with Gasteiger partial charge in [-0.3, -0.25) is 0 Å². The van der Waals surface area contributed by atoms with Crippen molar-refractivity contribution in [2.24, 2.45) is 4.99 Å². The van der Waals surface area contributed by atoms with Gasteiger partial charge in [0, 0.05) is 23.3 Å². The molecule has 1 aliphatic heterocycles. The van der Waals surface area contributed by atoms with Gasteiger partial charge in [0.15, 0.2) is 5.96 Å². The van der Waals surface area contributed by atoms with Gasteiger partial charge in [-0.25, -0.2) is 4.99 Å². The highest BCUT2D eigenvalue weighted by Gasteiger charge is 2.22. The fraction of sp³-hybridized carbons (Fsp3) is 0.357. The third-order valence-electron chi connectivity index (χ3n) is 2.88. The van der Waals surface area contributed by atoms with Crippen molar-refractivity contribution >= 4 is 27.6 Å². The van der Waals surface area contributed by atoms with E-state index in [0.29, 0.717) is 6.54 Å². The summed E-state index contributed by atoms with van der Waals surface area (Å²) in [5.41, 5.74) is 2.65. The highest BCUT2D eigenvalue weighted by atomic mass is 79.9. The Hall–Kier alpha value is -1.29. The quantitative estimate of drug-likeness (QED) is 0.687. The van der Waals surface area contributed by atoms with Crippen molar-refractivity contribution in [2.45, 2.75) is 13.3 Å². The molecule has 0 radical (unpaired) electrons. The van der Waals surface area contributed by atoms with Gasteiger partial charge in [0.2, 0.25) is 0 Å². The molecule has 1 aromatic rings. The fourth-order valence-electron chi connectivity index (χ4n) is 2.11. The Kier molecular flexibility index (Phi) is 4.42. The Bertz CT molecular complexity index is 468. The van der Waals surface area contributed by atoms with Crippen LogP contribution in [0.3, 0.4) is 0 Å². The normalized spacial score (nSPS) is 14.6. The van der Waals surface area contributed by atoms with E-state index in [-0.39, 0.29) is 0 Å². The monoisotopic (exact) mass is 307 g/mol. The van der Waals surface area contributed by atoms with Crippen molar-refractivity contribution in [1.29, 1.82) is 0 Å². The molecule has 0 aromatic heterocycles. The van der Waals surface area contributed by atoms with Gasteiger partial charge >= 0.3 is 0 Å². The summed E-state index contributed by atoms with van der Waals surface area (Å²) in [5.74, 6) is 0.933. The van der Waals surface area contributed by atoms with E-state index in [1.165, 1.54) is 11.3 Å². The first-order valence-electron chi connectivity index (χ1n) is 6.19. The van der Waals surface area contributed by atoms with Gasteiger partial charge in [-0.05, 0) is 25.0 Å². The summed E-state index contributed by atoms with van der Waals surface area (Å²) in [5, 5.41) is 3.33. The number of para-hydroxylation sites is 1. The zero-order valence-electron chi connectivity index (χ0n) is 10.6. The minimum Gasteiger partial charge on any atom is -0.356 e. The number of guanidine groups is 1. The Balaban J connectivity index is 2.23. The number of nitrogens with zero attached hydrogens (tertiary/aromatic N) is 2. The predicted octanol–water partition coefficient (Wildman–Crippen LogP) is 2.92. The van der Waals surface area contributed by atoms with Gasteiger partial charge < -0.3 is 10.2 Å². The summed E-state index contributed by atoms with van der Waals surface area (Å²) in [4.78, 5) is 6.82. The molecule has 0 saturated carbocycles. The van der Waals surface area contributed by atoms with Crippen LogP contribution in [0.15, 0.2) is 40.3 Å². The highest BCUT2D eigenvalue weighted by Crippen LogP contribution is 2.27. The Morgan fingerprint density at radius 2 is 2.28 bits per heavy atom. The van der Waals surface area contributed by atoms with Crippen LogP contribution in [0.1, 0.15) is 12.5 Å². The van der Waals surface area contributed by atoms with Crippen molar-refractivity contribution in [3.8, 4) is 0 Å². The molecule has 0 unspecified atom stereocenters. The van der Waals surface area contributed by atoms with Crippen LogP contribution in [-0.2, 0) is 6.42 Å². The molecule has 0 bridgehead atoms. The Morgan fingerprint density at radius 1 is 1.50 bits per heavy atom. The van der Waals surface area contributed by atoms with Crippen LogP contribution in [0.25, 0.3) is 0 Å². The molecule has 1 aliphatic rings. The lowest BCUT2D eigenvalue weighted by atomic mass is 10.2. The number of hydrogen-bond acceptors (Lipinski definition) is 1. The van der Waals surface area contributed by atoms with E-state index in [4.69, 9.17) is 0 Å². The summed E-state index contributed by atoms with van der Waals surface area (Å²) in [6, 6.07) is 8.50. The van der Waals surface area contributed by atoms with E-state index in [1.54, 1.807) is 0 Å². The summed E-state index contributed by atoms with van der Waals surface area (Å²) in [7, 11) is 0. The van der Waals surface area contributed by atoms with Crippen LogP contribution in [0.5, 0.6) is 0 Å². The van der Waals surface area contributed by atoms with E-state index >= 15 is 0 Å². The van der Waals surface area contributed by atoms with Crippen molar-refractivity contribution in [2.75, 3.05) is 24.5 Å². The number of fused-ring (bicyclic) bond motifs is 1. The zero-order chi connectivity index (χ0) is 13.0. The molecule has 2 rings (SSSR count).